The molecule has 0 radical (unpaired) electrons. The van der Waals surface area contributed by atoms with Crippen LogP contribution in [-0.4, -0.2) is 47.2 Å². The highest BCUT2D eigenvalue weighted by Crippen LogP contribution is 2.25. The Kier molecular flexibility index (Phi) is 5.01. The Balaban J connectivity index is 1.82. The highest BCUT2D eigenvalue weighted by Gasteiger charge is 2.30. The second-order valence-corrected chi connectivity index (χ2v) is 5.78. The first-order valence-corrected chi connectivity index (χ1v) is 7.36. The first-order chi connectivity index (χ1) is 8.66. The van der Waals surface area contributed by atoms with Crippen molar-refractivity contribution in [3.8, 4) is 0 Å². The summed E-state index contributed by atoms with van der Waals surface area (Å²) < 4.78 is 0. The van der Waals surface area contributed by atoms with E-state index in [1.807, 2.05) is 0 Å². The summed E-state index contributed by atoms with van der Waals surface area (Å²) in [6, 6.07) is 0.687. The molecule has 0 aromatic rings. The summed E-state index contributed by atoms with van der Waals surface area (Å²) in [7, 11) is 0. The highest BCUT2D eigenvalue weighted by atomic mass is 16.3. The van der Waals surface area contributed by atoms with Crippen LogP contribution in [0.3, 0.4) is 0 Å². The minimum atomic E-state index is -0.148. The van der Waals surface area contributed by atoms with Gasteiger partial charge >= 0.3 is 0 Å². The first kappa shape index (κ1) is 13.8. The number of hydrogen-bond donors (Lipinski definition) is 2. The molecule has 0 spiro atoms. The number of hydrogen-bond acceptors (Lipinski definition) is 3. The maximum atomic E-state index is 11.0. The Morgan fingerprint density at radius 1 is 1.11 bits per heavy atom. The van der Waals surface area contributed by atoms with E-state index in [9.17, 15) is 9.90 Å². The molecule has 2 atom stereocenters. The minimum absolute atomic E-state index is 0.0722. The molecule has 1 saturated carbocycles. The SMILES string of the molecule is CC(=O)NC1CCN(C2CCCCCC2O)CC1. The van der Waals surface area contributed by atoms with Gasteiger partial charge in [0.1, 0.15) is 0 Å². The van der Waals surface area contributed by atoms with Gasteiger partial charge in [0.15, 0.2) is 0 Å². The summed E-state index contributed by atoms with van der Waals surface area (Å²) in [5, 5.41) is 13.2. The van der Waals surface area contributed by atoms with Crippen LogP contribution in [-0.2, 0) is 4.79 Å². The number of aliphatic hydroxyl groups excluding tert-OH is 1. The fourth-order valence-electron chi connectivity index (χ4n) is 3.36. The first-order valence-electron chi connectivity index (χ1n) is 7.36. The van der Waals surface area contributed by atoms with Crippen molar-refractivity contribution in [3.05, 3.63) is 0 Å². The zero-order valence-corrected chi connectivity index (χ0v) is 11.4. The number of nitrogens with one attached hydrogen (secondary N) is 1. The molecule has 0 aromatic heterocycles. The third-order valence-electron chi connectivity index (χ3n) is 4.35. The van der Waals surface area contributed by atoms with Crippen molar-refractivity contribution in [2.75, 3.05) is 13.1 Å². The van der Waals surface area contributed by atoms with Gasteiger partial charge in [-0.1, -0.05) is 19.3 Å². The number of aliphatic hydroxyl groups is 1. The van der Waals surface area contributed by atoms with E-state index >= 15 is 0 Å². The topological polar surface area (TPSA) is 52.6 Å². The van der Waals surface area contributed by atoms with Crippen molar-refractivity contribution in [2.24, 2.45) is 0 Å². The van der Waals surface area contributed by atoms with E-state index in [0.29, 0.717) is 12.1 Å². The van der Waals surface area contributed by atoms with Crippen molar-refractivity contribution < 1.29 is 9.90 Å². The Hall–Kier alpha value is -0.610. The number of nitrogens with zero attached hydrogens (tertiary/aromatic N) is 1. The van der Waals surface area contributed by atoms with Gasteiger partial charge in [-0.25, -0.2) is 0 Å². The van der Waals surface area contributed by atoms with Crippen molar-refractivity contribution in [2.45, 2.75) is 70.1 Å². The van der Waals surface area contributed by atoms with E-state index in [2.05, 4.69) is 10.2 Å². The molecule has 4 nitrogen and oxygen atoms in total. The molecule has 0 aromatic carbocycles. The van der Waals surface area contributed by atoms with E-state index in [0.717, 1.165) is 38.8 Å². The van der Waals surface area contributed by atoms with Crippen molar-refractivity contribution in [1.29, 1.82) is 0 Å². The van der Waals surface area contributed by atoms with Gasteiger partial charge in [-0.15, -0.1) is 0 Å². The number of likely N-dealkylation sites (tertiary alicyclic amines) is 1. The largest absolute Gasteiger partial charge is 0.391 e. The Labute approximate surface area is 110 Å². The number of piperidine rings is 1. The smallest absolute Gasteiger partial charge is 0.217 e. The predicted octanol–water partition coefficient (Wildman–Crippen LogP) is 1.28. The average molecular weight is 254 g/mol. The Morgan fingerprint density at radius 2 is 1.78 bits per heavy atom. The highest BCUT2D eigenvalue weighted by molar-refractivity contribution is 5.73. The van der Waals surface area contributed by atoms with Gasteiger partial charge in [-0.3, -0.25) is 9.69 Å². The maximum absolute atomic E-state index is 11.0. The molecule has 4 heteroatoms. The molecule has 2 N–H and O–H groups in total. The van der Waals surface area contributed by atoms with Crippen LogP contribution in [0.15, 0.2) is 0 Å². The van der Waals surface area contributed by atoms with Gasteiger partial charge in [-0.05, 0) is 25.7 Å². The van der Waals surface area contributed by atoms with E-state index in [4.69, 9.17) is 0 Å². The van der Waals surface area contributed by atoms with Gasteiger partial charge in [0.05, 0.1) is 6.10 Å². The number of carbonyl (C=O) groups excluding carboxylic acids is 1. The van der Waals surface area contributed by atoms with Crippen LogP contribution >= 0.6 is 0 Å². The predicted molar refractivity (Wildman–Crippen MR) is 71.3 cm³/mol. The lowest BCUT2D eigenvalue weighted by molar-refractivity contribution is -0.120. The molecule has 2 rings (SSSR count). The molecular weight excluding hydrogens is 228 g/mol. The quantitative estimate of drug-likeness (QED) is 0.730. The second-order valence-electron chi connectivity index (χ2n) is 5.78. The van der Waals surface area contributed by atoms with Crippen molar-refractivity contribution in [3.63, 3.8) is 0 Å². The summed E-state index contributed by atoms with van der Waals surface area (Å²) in [6.07, 6.45) is 7.64. The zero-order chi connectivity index (χ0) is 13.0. The Bertz CT molecular complexity index is 275. The van der Waals surface area contributed by atoms with E-state index in [1.54, 1.807) is 6.92 Å². The molecule has 1 heterocycles. The van der Waals surface area contributed by atoms with Gasteiger partial charge < -0.3 is 10.4 Å². The average Bonchev–Trinajstić information content (AvgIpc) is 2.54. The van der Waals surface area contributed by atoms with E-state index < -0.39 is 0 Å². The van der Waals surface area contributed by atoms with Gasteiger partial charge in [0, 0.05) is 32.1 Å². The number of rotatable bonds is 2. The monoisotopic (exact) mass is 254 g/mol. The molecule has 104 valence electrons. The minimum Gasteiger partial charge on any atom is -0.391 e. The number of carbonyl (C=O) groups is 1. The third-order valence-corrected chi connectivity index (χ3v) is 4.35. The number of amides is 1. The second kappa shape index (κ2) is 6.53. The van der Waals surface area contributed by atoms with Crippen molar-refractivity contribution in [1.82, 2.24) is 10.2 Å². The van der Waals surface area contributed by atoms with E-state index in [1.165, 1.54) is 19.3 Å². The molecule has 0 bridgehead atoms. The molecule has 18 heavy (non-hydrogen) atoms. The zero-order valence-electron chi connectivity index (χ0n) is 11.4. The van der Waals surface area contributed by atoms with Crippen LogP contribution in [0, 0.1) is 0 Å². The summed E-state index contributed by atoms with van der Waals surface area (Å²) >= 11 is 0. The van der Waals surface area contributed by atoms with Crippen LogP contribution in [0.1, 0.15) is 51.9 Å². The van der Waals surface area contributed by atoms with Crippen LogP contribution in [0.4, 0.5) is 0 Å². The lowest BCUT2D eigenvalue weighted by Gasteiger charge is -2.39. The molecule has 2 aliphatic rings. The standard InChI is InChI=1S/C14H26N2O2/c1-11(17)15-12-7-9-16(10-8-12)13-5-3-2-4-6-14(13)18/h12-14,18H,2-10H2,1H3,(H,15,17). The molecule has 1 aliphatic carbocycles. The van der Waals surface area contributed by atoms with Crippen LogP contribution in [0.2, 0.25) is 0 Å². The van der Waals surface area contributed by atoms with E-state index in [-0.39, 0.29) is 12.0 Å². The van der Waals surface area contributed by atoms with Gasteiger partial charge in [0.2, 0.25) is 5.91 Å². The van der Waals surface area contributed by atoms with Crippen LogP contribution < -0.4 is 5.32 Å². The fraction of sp³-hybridized carbons (Fsp3) is 0.929. The lowest BCUT2D eigenvalue weighted by Crippen LogP contribution is -2.50. The fourth-order valence-corrected chi connectivity index (χ4v) is 3.36. The van der Waals surface area contributed by atoms with Gasteiger partial charge in [0.25, 0.3) is 0 Å². The lowest BCUT2D eigenvalue weighted by atomic mass is 9.98. The Morgan fingerprint density at radius 3 is 2.44 bits per heavy atom. The molecular formula is C14H26N2O2. The summed E-state index contributed by atoms with van der Waals surface area (Å²) in [5.41, 5.74) is 0. The molecule has 2 fully saturated rings. The normalized spacial score (nSPS) is 31.9. The third kappa shape index (κ3) is 3.69. The van der Waals surface area contributed by atoms with Crippen LogP contribution in [0.25, 0.3) is 0 Å². The molecule has 2 unspecified atom stereocenters. The van der Waals surface area contributed by atoms with Crippen LogP contribution in [0.5, 0.6) is 0 Å². The molecule has 1 saturated heterocycles. The molecule has 1 amide bonds. The summed E-state index contributed by atoms with van der Waals surface area (Å²) in [6.45, 7) is 3.60. The molecule has 1 aliphatic heterocycles. The maximum Gasteiger partial charge on any atom is 0.217 e. The van der Waals surface area contributed by atoms with Crippen molar-refractivity contribution >= 4 is 5.91 Å². The van der Waals surface area contributed by atoms with Gasteiger partial charge in [-0.2, -0.15) is 0 Å². The summed E-state index contributed by atoms with van der Waals surface area (Å²) in [5.74, 6) is 0.0722. The summed E-state index contributed by atoms with van der Waals surface area (Å²) in [4.78, 5) is 13.5.